The average molecular weight is 239 g/mol. The van der Waals surface area contributed by atoms with Crippen LogP contribution in [0.25, 0.3) is 0 Å². The zero-order valence-corrected chi connectivity index (χ0v) is 11.9. The Labute approximate surface area is 104 Å². The second-order valence-corrected chi connectivity index (χ2v) is 6.02. The molecule has 92 valence electrons. The summed E-state index contributed by atoms with van der Waals surface area (Å²) in [7, 11) is 2.08. The predicted molar refractivity (Wildman–Crippen MR) is 74.4 cm³/mol. The molecular weight excluding hydrogens is 214 g/mol. The minimum absolute atomic E-state index is 0.557. The predicted octanol–water partition coefficient (Wildman–Crippen LogP) is 4.60. The molecule has 0 aromatic carbocycles. The standard InChI is InChI=1S/C14H25NS/c1-5-6-7-8-9-14(15-4)13-10-11(2)16-12(13)3/h10,14-15H,5-9H2,1-4H3. The summed E-state index contributed by atoms with van der Waals surface area (Å²) < 4.78 is 0. The second-order valence-electron chi connectivity index (χ2n) is 4.56. The van der Waals surface area contributed by atoms with Gasteiger partial charge in [-0.3, -0.25) is 0 Å². The summed E-state index contributed by atoms with van der Waals surface area (Å²) in [5, 5.41) is 3.46. The van der Waals surface area contributed by atoms with E-state index in [1.165, 1.54) is 47.4 Å². The number of hydrogen-bond donors (Lipinski definition) is 1. The van der Waals surface area contributed by atoms with Crippen molar-refractivity contribution in [2.45, 2.75) is 58.9 Å². The first-order valence-corrected chi connectivity index (χ1v) is 7.24. The average Bonchev–Trinajstić information content (AvgIpc) is 2.58. The van der Waals surface area contributed by atoms with Crippen molar-refractivity contribution in [3.05, 3.63) is 21.4 Å². The Morgan fingerprint density at radius 2 is 2.00 bits per heavy atom. The number of thiophene rings is 1. The third-order valence-electron chi connectivity index (χ3n) is 3.15. The molecular formula is C14H25NS. The van der Waals surface area contributed by atoms with Gasteiger partial charge < -0.3 is 5.32 Å². The fourth-order valence-corrected chi connectivity index (χ4v) is 3.21. The van der Waals surface area contributed by atoms with Crippen LogP contribution in [0.15, 0.2) is 6.07 Å². The fourth-order valence-electron chi connectivity index (χ4n) is 2.23. The zero-order valence-electron chi connectivity index (χ0n) is 11.1. The molecule has 0 spiro atoms. The number of nitrogens with one attached hydrogen (secondary N) is 1. The smallest absolute Gasteiger partial charge is 0.0328 e. The van der Waals surface area contributed by atoms with Crippen LogP contribution in [0.2, 0.25) is 0 Å². The van der Waals surface area contributed by atoms with Gasteiger partial charge in [0.2, 0.25) is 0 Å². The van der Waals surface area contributed by atoms with E-state index in [0.717, 1.165) is 0 Å². The lowest BCUT2D eigenvalue weighted by molar-refractivity contribution is 0.505. The third kappa shape index (κ3) is 3.91. The Morgan fingerprint density at radius 1 is 1.25 bits per heavy atom. The van der Waals surface area contributed by atoms with Crippen molar-refractivity contribution in [2.75, 3.05) is 7.05 Å². The lowest BCUT2D eigenvalue weighted by Crippen LogP contribution is -2.16. The largest absolute Gasteiger partial charge is 0.313 e. The molecule has 1 heterocycles. The van der Waals surface area contributed by atoms with Gasteiger partial charge in [-0.25, -0.2) is 0 Å². The van der Waals surface area contributed by atoms with Crippen LogP contribution >= 0.6 is 11.3 Å². The number of unbranched alkanes of at least 4 members (excludes halogenated alkanes) is 3. The highest BCUT2D eigenvalue weighted by atomic mass is 32.1. The van der Waals surface area contributed by atoms with Gasteiger partial charge in [0.1, 0.15) is 0 Å². The van der Waals surface area contributed by atoms with E-state index in [4.69, 9.17) is 0 Å². The maximum atomic E-state index is 3.46. The molecule has 1 rings (SSSR count). The summed E-state index contributed by atoms with van der Waals surface area (Å²) in [5.74, 6) is 0. The highest BCUT2D eigenvalue weighted by Gasteiger charge is 2.13. The summed E-state index contributed by atoms with van der Waals surface area (Å²) in [5.41, 5.74) is 1.52. The minimum Gasteiger partial charge on any atom is -0.313 e. The molecule has 1 N–H and O–H groups in total. The summed E-state index contributed by atoms with van der Waals surface area (Å²) >= 11 is 1.92. The molecule has 0 saturated carbocycles. The van der Waals surface area contributed by atoms with Gasteiger partial charge in [-0.05, 0) is 38.9 Å². The molecule has 0 saturated heterocycles. The molecule has 0 aliphatic heterocycles. The van der Waals surface area contributed by atoms with E-state index in [2.05, 4.69) is 39.2 Å². The maximum absolute atomic E-state index is 3.46. The number of aryl methyl sites for hydroxylation is 2. The molecule has 0 aliphatic carbocycles. The lowest BCUT2D eigenvalue weighted by atomic mass is 10.0. The van der Waals surface area contributed by atoms with Crippen molar-refractivity contribution in [1.29, 1.82) is 0 Å². The monoisotopic (exact) mass is 239 g/mol. The first-order valence-electron chi connectivity index (χ1n) is 6.43. The van der Waals surface area contributed by atoms with Crippen LogP contribution < -0.4 is 5.32 Å². The van der Waals surface area contributed by atoms with Gasteiger partial charge in [0.05, 0.1) is 0 Å². The molecule has 0 amide bonds. The van der Waals surface area contributed by atoms with E-state index in [1.54, 1.807) is 0 Å². The molecule has 0 bridgehead atoms. The van der Waals surface area contributed by atoms with Crippen LogP contribution in [0.5, 0.6) is 0 Å². The Morgan fingerprint density at radius 3 is 2.50 bits per heavy atom. The van der Waals surface area contributed by atoms with E-state index < -0.39 is 0 Å². The number of hydrogen-bond acceptors (Lipinski definition) is 2. The molecule has 1 nitrogen and oxygen atoms in total. The van der Waals surface area contributed by atoms with Crippen LogP contribution in [0, 0.1) is 13.8 Å². The van der Waals surface area contributed by atoms with Crippen molar-refractivity contribution in [3.8, 4) is 0 Å². The Balaban J connectivity index is 2.50. The molecule has 1 aromatic heterocycles. The molecule has 1 aromatic rings. The van der Waals surface area contributed by atoms with Gasteiger partial charge in [0.25, 0.3) is 0 Å². The topological polar surface area (TPSA) is 12.0 Å². The highest BCUT2D eigenvalue weighted by molar-refractivity contribution is 7.12. The van der Waals surface area contributed by atoms with Crippen molar-refractivity contribution >= 4 is 11.3 Å². The fraction of sp³-hybridized carbons (Fsp3) is 0.714. The Hall–Kier alpha value is -0.340. The molecule has 1 unspecified atom stereocenters. The minimum atomic E-state index is 0.557. The van der Waals surface area contributed by atoms with E-state index >= 15 is 0 Å². The Kier molecular flexibility index (Phi) is 6.07. The first kappa shape index (κ1) is 13.7. The molecule has 0 fully saturated rings. The molecule has 2 heteroatoms. The van der Waals surface area contributed by atoms with E-state index in [-0.39, 0.29) is 0 Å². The second kappa shape index (κ2) is 7.08. The lowest BCUT2D eigenvalue weighted by Gasteiger charge is -2.16. The van der Waals surface area contributed by atoms with Gasteiger partial charge in [-0.15, -0.1) is 11.3 Å². The number of rotatable bonds is 7. The van der Waals surface area contributed by atoms with Crippen molar-refractivity contribution in [3.63, 3.8) is 0 Å². The van der Waals surface area contributed by atoms with Gasteiger partial charge >= 0.3 is 0 Å². The van der Waals surface area contributed by atoms with Gasteiger partial charge in [-0.1, -0.05) is 32.6 Å². The maximum Gasteiger partial charge on any atom is 0.0328 e. The molecule has 0 aliphatic rings. The van der Waals surface area contributed by atoms with Gasteiger partial charge in [0.15, 0.2) is 0 Å². The van der Waals surface area contributed by atoms with Crippen LogP contribution in [0.1, 0.15) is 60.4 Å². The van der Waals surface area contributed by atoms with Crippen LogP contribution in [-0.2, 0) is 0 Å². The normalized spacial score (nSPS) is 13.0. The van der Waals surface area contributed by atoms with Gasteiger partial charge in [0, 0.05) is 15.8 Å². The van der Waals surface area contributed by atoms with Crippen molar-refractivity contribution in [1.82, 2.24) is 5.32 Å². The SMILES string of the molecule is CCCCCCC(NC)c1cc(C)sc1C. The van der Waals surface area contributed by atoms with Gasteiger partial charge in [-0.2, -0.15) is 0 Å². The summed E-state index contributed by atoms with van der Waals surface area (Å²) in [6.45, 7) is 6.70. The quantitative estimate of drug-likeness (QED) is 0.686. The van der Waals surface area contributed by atoms with E-state index in [9.17, 15) is 0 Å². The molecule has 0 radical (unpaired) electrons. The summed E-state index contributed by atoms with van der Waals surface area (Å²) in [6.07, 6.45) is 6.68. The molecule has 16 heavy (non-hydrogen) atoms. The first-order chi connectivity index (χ1) is 7.69. The summed E-state index contributed by atoms with van der Waals surface area (Å²) in [6, 6.07) is 2.91. The van der Waals surface area contributed by atoms with Crippen molar-refractivity contribution in [2.24, 2.45) is 0 Å². The van der Waals surface area contributed by atoms with Crippen LogP contribution in [-0.4, -0.2) is 7.05 Å². The zero-order chi connectivity index (χ0) is 12.0. The van der Waals surface area contributed by atoms with Crippen LogP contribution in [0.3, 0.4) is 0 Å². The van der Waals surface area contributed by atoms with Crippen molar-refractivity contribution < 1.29 is 0 Å². The Bertz CT molecular complexity index is 304. The highest BCUT2D eigenvalue weighted by Crippen LogP contribution is 2.29. The van der Waals surface area contributed by atoms with E-state index in [1.807, 2.05) is 11.3 Å². The summed E-state index contributed by atoms with van der Waals surface area (Å²) in [4.78, 5) is 2.91. The van der Waals surface area contributed by atoms with Crippen LogP contribution in [0.4, 0.5) is 0 Å². The van der Waals surface area contributed by atoms with E-state index in [0.29, 0.717) is 6.04 Å². The molecule has 1 atom stereocenters. The third-order valence-corrected chi connectivity index (χ3v) is 4.13.